The molecule has 206 valence electrons. The Hall–Kier alpha value is -4.28. The molecule has 0 unspecified atom stereocenters. The van der Waals surface area contributed by atoms with Gasteiger partial charge in [0.1, 0.15) is 18.7 Å². The summed E-state index contributed by atoms with van der Waals surface area (Å²) in [5.74, 6) is -0.262. The van der Waals surface area contributed by atoms with Gasteiger partial charge in [-0.3, -0.25) is 0 Å². The van der Waals surface area contributed by atoms with E-state index in [1.165, 1.54) is 21.9 Å². The molecule has 0 fully saturated rings. The molecule has 5 aromatic carbocycles. The van der Waals surface area contributed by atoms with Crippen LogP contribution in [0, 0.1) is 0 Å². The molecular weight excluding hydrogens is 519 g/mol. The lowest BCUT2D eigenvalue weighted by Crippen LogP contribution is -2.74. The van der Waals surface area contributed by atoms with E-state index in [0.717, 1.165) is 10.5 Å². The van der Waals surface area contributed by atoms with Gasteiger partial charge in [0, 0.05) is 16.5 Å². The Balaban J connectivity index is 0.000000210. The highest BCUT2D eigenvalue weighted by molar-refractivity contribution is 8.04. The van der Waals surface area contributed by atoms with E-state index in [1.807, 2.05) is 37.3 Å². The highest BCUT2D eigenvalue weighted by atomic mass is 32.2. The first-order valence-electron chi connectivity index (χ1n) is 14.0. The average Bonchev–Trinajstić information content (AvgIpc) is 3.03. The lowest BCUT2D eigenvalue weighted by molar-refractivity contribution is -0.137. The van der Waals surface area contributed by atoms with E-state index in [0.29, 0.717) is 6.61 Å². The normalized spacial score (nSPS) is 11.4. The van der Waals surface area contributed by atoms with Gasteiger partial charge in [-0.1, -0.05) is 140 Å². The second-order valence-corrected chi connectivity index (χ2v) is 12.0. The third kappa shape index (κ3) is 7.28. The van der Waals surface area contributed by atoms with Crippen LogP contribution in [0.1, 0.15) is 12.5 Å². The number of hydrogen-bond acceptors (Lipinski definition) is 2. The van der Waals surface area contributed by atoms with Crippen molar-refractivity contribution in [3.05, 3.63) is 163 Å². The summed E-state index contributed by atoms with van der Waals surface area (Å²) in [6.07, 6.45) is 4.57. The van der Waals surface area contributed by atoms with Crippen LogP contribution in [0.4, 0.5) is 0 Å². The Kier molecular flexibility index (Phi) is 10.8. The minimum atomic E-state index is -1.22. The van der Waals surface area contributed by atoms with Crippen molar-refractivity contribution in [3.8, 4) is 0 Å². The van der Waals surface area contributed by atoms with Gasteiger partial charge in [-0.25, -0.2) is 4.79 Å². The van der Waals surface area contributed by atoms with Gasteiger partial charge in [0.2, 0.25) is 0 Å². The number of carbonyl (C=O) groups is 1. The molecule has 0 amide bonds. The summed E-state index contributed by atoms with van der Waals surface area (Å²) >= 11 is 0. The average molecular weight is 557 g/mol. The molecule has 0 aliphatic rings. The van der Waals surface area contributed by atoms with E-state index in [9.17, 15) is 4.79 Å². The van der Waals surface area contributed by atoms with Crippen LogP contribution >= 0.6 is 0 Å². The molecule has 5 aromatic rings. The molecule has 2 nitrogen and oxygen atoms in total. The summed E-state index contributed by atoms with van der Waals surface area (Å²) in [5, 5.41) is 0. The highest BCUT2D eigenvalue weighted by Crippen LogP contribution is 2.20. The summed E-state index contributed by atoms with van der Waals surface area (Å²) in [7, 11) is 0.0318. The summed E-state index contributed by atoms with van der Waals surface area (Å²) in [4.78, 5) is 12.5. The minimum Gasteiger partial charge on any atom is -0.463 e. The Labute approximate surface area is 248 Å². The predicted molar refractivity (Wildman–Crippen MR) is 180 cm³/mol. The zero-order valence-corrected chi connectivity index (χ0v) is 24.8. The zero-order valence-electron chi connectivity index (χ0n) is 24.0. The number of hydrogen-bond donors (Lipinski definition) is 0. The van der Waals surface area contributed by atoms with Crippen LogP contribution in [0.5, 0.6) is 0 Å². The molecule has 0 aliphatic carbocycles. The number of carbonyl (C=O) groups excluding carboxylic acids is 1. The molecule has 0 radical (unpaired) electrons. The van der Waals surface area contributed by atoms with E-state index in [2.05, 4.69) is 134 Å². The Morgan fingerprint density at radius 3 is 1.20 bits per heavy atom. The van der Waals surface area contributed by atoms with Crippen LogP contribution < -0.4 is 21.9 Å². The first-order chi connectivity index (χ1) is 20.1. The van der Waals surface area contributed by atoms with Crippen LogP contribution in [0.15, 0.2) is 158 Å². The van der Waals surface area contributed by atoms with E-state index in [1.54, 1.807) is 6.08 Å². The standard InChI is InChI=1S/C24H20B.C13H17O2S/c1-5-13-21(14-6-1)25(22-15-7-2-8-16-22,23-17-9-3-10-18-23)24-19-11-4-12-20-24;1-4-15-13(14)10-12(16(2)3)11-8-6-5-7-9-11/h1-20H;5-10H,4H2,1-3H3/q-1;+1/b;12-10+. The Morgan fingerprint density at radius 2 is 0.902 bits per heavy atom. The molecule has 5 rings (SSSR count). The highest BCUT2D eigenvalue weighted by Gasteiger charge is 2.31. The van der Waals surface area contributed by atoms with Gasteiger partial charge in [-0.15, -0.1) is 0 Å². The second-order valence-electron chi connectivity index (χ2n) is 9.95. The molecule has 0 aromatic heterocycles. The van der Waals surface area contributed by atoms with Crippen molar-refractivity contribution in [2.75, 3.05) is 19.1 Å². The van der Waals surface area contributed by atoms with Crippen LogP contribution in [0.3, 0.4) is 0 Å². The summed E-state index contributed by atoms with van der Waals surface area (Å²) < 4.78 is 4.93. The molecule has 0 N–H and O–H groups in total. The topological polar surface area (TPSA) is 26.3 Å². The van der Waals surface area contributed by atoms with Crippen LogP contribution in [-0.2, 0) is 20.4 Å². The lowest BCUT2D eigenvalue weighted by atomic mass is 9.13. The third-order valence-corrected chi connectivity index (χ3v) is 8.47. The Morgan fingerprint density at radius 1 is 0.585 bits per heavy atom. The van der Waals surface area contributed by atoms with Gasteiger partial charge in [0.25, 0.3) is 0 Å². The lowest BCUT2D eigenvalue weighted by Gasteiger charge is -2.44. The van der Waals surface area contributed by atoms with E-state index in [4.69, 9.17) is 4.74 Å². The largest absolute Gasteiger partial charge is 0.463 e. The van der Waals surface area contributed by atoms with E-state index in [-0.39, 0.29) is 16.9 Å². The van der Waals surface area contributed by atoms with E-state index >= 15 is 0 Å². The van der Waals surface area contributed by atoms with Crippen LogP contribution in [0.2, 0.25) is 0 Å². The quantitative estimate of drug-likeness (QED) is 0.109. The summed E-state index contributed by atoms with van der Waals surface area (Å²) in [6, 6.07) is 53.5. The molecule has 0 bridgehead atoms. The van der Waals surface area contributed by atoms with Gasteiger partial charge in [-0.2, -0.15) is 21.9 Å². The van der Waals surface area contributed by atoms with Gasteiger partial charge >= 0.3 is 5.97 Å². The summed E-state index contributed by atoms with van der Waals surface area (Å²) in [6.45, 7) is 2.23. The van der Waals surface area contributed by atoms with Crippen molar-refractivity contribution in [3.63, 3.8) is 0 Å². The van der Waals surface area contributed by atoms with Crippen molar-refractivity contribution >= 4 is 49.8 Å². The van der Waals surface area contributed by atoms with Crippen molar-refractivity contribution in [1.29, 1.82) is 0 Å². The SMILES string of the molecule is CCOC(=O)/C=C(\c1ccccc1)[S+](C)C.c1ccc([B-](c2ccccc2)(c2ccccc2)c2ccccc2)cc1. The van der Waals surface area contributed by atoms with Crippen LogP contribution in [-0.4, -0.2) is 31.2 Å². The number of esters is 1. The molecule has 0 spiro atoms. The molecule has 0 aliphatic heterocycles. The molecule has 0 heterocycles. The van der Waals surface area contributed by atoms with Gasteiger partial charge in [0.15, 0.2) is 4.91 Å². The first-order valence-corrected chi connectivity index (χ1v) is 16.0. The fourth-order valence-corrected chi connectivity index (χ4v) is 6.39. The third-order valence-electron chi connectivity index (χ3n) is 7.23. The van der Waals surface area contributed by atoms with Gasteiger partial charge in [-0.05, 0) is 19.1 Å². The molecule has 0 saturated heterocycles. The van der Waals surface area contributed by atoms with Gasteiger partial charge in [0.05, 0.1) is 12.7 Å². The maximum absolute atomic E-state index is 11.4. The smallest absolute Gasteiger partial charge is 0.335 e. The predicted octanol–water partition coefficient (Wildman–Crippen LogP) is 5.53. The fraction of sp³-hybridized carbons (Fsp3) is 0.108. The molecule has 0 atom stereocenters. The summed E-state index contributed by atoms with van der Waals surface area (Å²) in [5.41, 5.74) is 6.44. The Bertz CT molecular complexity index is 1340. The maximum Gasteiger partial charge on any atom is 0.335 e. The van der Waals surface area contributed by atoms with Crippen molar-refractivity contribution in [2.24, 2.45) is 0 Å². The number of rotatable bonds is 8. The fourth-order valence-electron chi connectivity index (χ4n) is 5.45. The van der Waals surface area contributed by atoms with Crippen molar-refractivity contribution < 1.29 is 9.53 Å². The molecular formula is C37H37BO2S. The maximum atomic E-state index is 11.4. The van der Waals surface area contributed by atoms with Crippen LogP contribution in [0.25, 0.3) is 4.91 Å². The molecule has 4 heteroatoms. The van der Waals surface area contributed by atoms with E-state index < -0.39 is 6.15 Å². The zero-order chi connectivity index (χ0) is 28.9. The molecule has 0 saturated carbocycles. The second kappa shape index (κ2) is 14.9. The van der Waals surface area contributed by atoms with Crippen molar-refractivity contribution in [1.82, 2.24) is 0 Å². The monoisotopic (exact) mass is 556 g/mol. The number of ether oxygens (including phenoxy) is 1. The van der Waals surface area contributed by atoms with Crippen molar-refractivity contribution in [2.45, 2.75) is 6.92 Å². The minimum absolute atomic E-state index is 0.0318. The van der Waals surface area contributed by atoms with Gasteiger partial charge < -0.3 is 4.74 Å². The molecule has 41 heavy (non-hydrogen) atoms. The first kappa shape index (κ1) is 29.7. The number of benzene rings is 5.